The van der Waals surface area contributed by atoms with Crippen molar-refractivity contribution in [2.45, 2.75) is 38.6 Å². The number of carboxylic acids is 1. The second-order valence-corrected chi connectivity index (χ2v) is 5.40. The molecule has 6 heteroatoms. The third-order valence-corrected chi connectivity index (χ3v) is 3.70. The van der Waals surface area contributed by atoms with Crippen LogP contribution in [0.1, 0.15) is 42.5 Å². The van der Waals surface area contributed by atoms with Gasteiger partial charge in [-0.1, -0.05) is 11.6 Å². The molecule has 118 valence electrons. The Morgan fingerprint density at radius 3 is 2.77 bits per heavy atom. The summed E-state index contributed by atoms with van der Waals surface area (Å²) in [6, 6.07) is 2.39. The van der Waals surface area contributed by atoms with Gasteiger partial charge in [0.15, 0.2) is 0 Å². The number of hydrogen-bond donors (Lipinski definition) is 2. The Hall–Kier alpha value is -2.37. The fourth-order valence-electron chi connectivity index (χ4n) is 2.49. The van der Waals surface area contributed by atoms with Crippen molar-refractivity contribution in [2.75, 3.05) is 6.54 Å². The predicted octanol–water partition coefficient (Wildman–Crippen LogP) is 1.55. The number of aromatic nitrogens is 1. The van der Waals surface area contributed by atoms with Gasteiger partial charge in [-0.25, -0.2) is 4.79 Å². The molecular formula is C16H20N2O4. The highest BCUT2D eigenvalue weighted by Gasteiger charge is 2.09. The number of pyridine rings is 1. The molecule has 1 aromatic rings. The van der Waals surface area contributed by atoms with Crippen LogP contribution in [0.25, 0.3) is 0 Å². The topological polar surface area (TPSA) is 88.4 Å². The van der Waals surface area contributed by atoms with E-state index in [0.717, 1.165) is 29.9 Å². The molecule has 0 unspecified atom stereocenters. The van der Waals surface area contributed by atoms with E-state index in [1.807, 2.05) is 0 Å². The first-order valence-corrected chi connectivity index (χ1v) is 7.44. The molecular weight excluding hydrogens is 284 g/mol. The lowest BCUT2D eigenvalue weighted by molar-refractivity contribution is -0.121. The van der Waals surface area contributed by atoms with E-state index in [4.69, 9.17) is 5.11 Å². The predicted molar refractivity (Wildman–Crippen MR) is 81.8 cm³/mol. The SMILES string of the molecule is O=C(Cn1cc(C(=O)O)ccc1=O)NCCC1=CCCCC1. The van der Waals surface area contributed by atoms with Crippen molar-refractivity contribution in [3.8, 4) is 0 Å². The Balaban J connectivity index is 1.86. The minimum Gasteiger partial charge on any atom is -0.478 e. The Kier molecular flexibility index (Phi) is 5.52. The van der Waals surface area contributed by atoms with Crippen molar-refractivity contribution in [1.82, 2.24) is 9.88 Å². The van der Waals surface area contributed by atoms with Crippen LogP contribution in [0, 0.1) is 0 Å². The zero-order valence-corrected chi connectivity index (χ0v) is 12.4. The zero-order chi connectivity index (χ0) is 15.9. The lowest BCUT2D eigenvalue weighted by Crippen LogP contribution is -2.33. The van der Waals surface area contributed by atoms with Crippen LogP contribution in [0.15, 0.2) is 34.8 Å². The molecule has 0 atom stereocenters. The fourth-order valence-corrected chi connectivity index (χ4v) is 2.49. The van der Waals surface area contributed by atoms with Crippen LogP contribution in [0.5, 0.6) is 0 Å². The van der Waals surface area contributed by atoms with Gasteiger partial charge in [0.05, 0.1) is 5.56 Å². The highest BCUT2D eigenvalue weighted by molar-refractivity contribution is 5.87. The maximum atomic E-state index is 11.8. The average molecular weight is 304 g/mol. The maximum absolute atomic E-state index is 11.8. The van der Waals surface area contributed by atoms with Crippen molar-refractivity contribution >= 4 is 11.9 Å². The van der Waals surface area contributed by atoms with Crippen LogP contribution >= 0.6 is 0 Å². The summed E-state index contributed by atoms with van der Waals surface area (Å²) in [6.45, 7) is 0.372. The molecule has 1 aromatic heterocycles. The van der Waals surface area contributed by atoms with Crippen LogP contribution in [0.3, 0.4) is 0 Å². The van der Waals surface area contributed by atoms with Crippen molar-refractivity contribution in [3.63, 3.8) is 0 Å². The number of nitrogens with one attached hydrogen (secondary N) is 1. The van der Waals surface area contributed by atoms with Gasteiger partial charge in [0.2, 0.25) is 5.91 Å². The van der Waals surface area contributed by atoms with Crippen molar-refractivity contribution in [3.05, 3.63) is 45.9 Å². The largest absolute Gasteiger partial charge is 0.478 e. The number of carboxylic acid groups (broad SMARTS) is 1. The highest BCUT2D eigenvalue weighted by atomic mass is 16.4. The monoisotopic (exact) mass is 304 g/mol. The van der Waals surface area contributed by atoms with Gasteiger partial charge in [-0.05, 0) is 38.2 Å². The van der Waals surface area contributed by atoms with Crippen LogP contribution in [-0.4, -0.2) is 28.1 Å². The molecule has 0 saturated carbocycles. The Labute approximate surface area is 128 Å². The summed E-state index contributed by atoms with van der Waals surface area (Å²) >= 11 is 0. The van der Waals surface area contributed by atoms with E-state index in [-0.39, 0.29) is 18.0 Å². The lowest BCUT2D eigenvalue weighted by Gasteiger charge is -2.13. The maximum Gasteiger partial charge on any atom is 0.337 e. The summed E-state index contributed by atoms with van der Waals surface area (Å²) in [5.74, 6) is -1.42. The molecule has 2 N–H and O–H groups in total. The van der Waals surface area contributed by atoms with Gasteiger partial charge in [-0.3, -0.25) is 9.59 Å². The second-order valence-electron chi connectivity index (χ2n) is 5.40. The molecule has 6 nitrogen and oxygen atoms in total. The van der Waals surface area contributed by atoms with Gasteiger partial charge >= 0.3 is 5.97 Å². The van der Waals surface area contributed by atoms with Gasteiger partial charge in [0, 0.05) is 18.8 Å². The van der Waals surface area contributed by atoms with E-state index in [1.54, 1.807) is 0 Å². The van der Waals surface area contributed by atoms with Gasteiger partial charge in [-0.15, -0.1) is 0 Å². The standard InChI is InChI=1S/C16H20N2O4/c19-14(17-9-8-12-4-2-1-3-5-12)11-18-10-13(16(21)22)6-7-15(18)20/h4,6-7,10H,1-3,5,8-9,11H2,(H,17,19)(H,21,22). The van der Waals surface area contributed by atoms with E-state index in [1.165, 1.54) is 30.7 Å². The number of aromatic carboxylic acids is 1. The summed E-state index contributed by atoms with van der Waals surface area (Å²) in [4.78, 5) is 34.4. The van der Waals surface area contributed by atoms with E-state index >= 15 is 0 Å². The smallest absolute Gasteiger partial charge is 0.337 e. The summed E-state index contributed by atoms with van der Waals surface area (Å²) in [7, 11) is 0. The molecule has 0 aliphatic heterocycles. The normalized spacial score (nSPS) is 14.3. The number of rotatable bonds is 6. The summed E-state index contributed by atoms with van der Waals surface area (Å²) in [5, 5.41) is 11.7. The third kappa shape index (κ3) is 4.58. The second kappa shape index (κ2) is 7.59. The van der Waals surface area contributed by atoms with Gasteiger partial charge in [-0.2, -0.15) is 0 Å². The number of carbonyl (C=O) groups excluding carboxylic acids is 1. The van der Waals surface area contributed by atoms with Crippen LogP contribution in [0.2, 0.25) is 0 Å². The van der Waals surface area contributed by atoms with E-state index in [2.05, 4.69) is 11.4 Å². The molecule has 1 amide bonds. The van der Waals surface area contributed by atoms with Gasteiger partial charge in [0.1, 0.15) is 6.54 Å². The molecule has 1 aliphatic carbocycles. The van der Waals surface area contributed by atoms with E-state index in [9.17, 15) is 14.4 Å². The summed E-state index contributed by atoms with van der Waals surface area (Å²) in [6.07, 6.45) is 8.90. The Morgan fingerprint density at radius 2 is 2.09 bits per heavy atom. The molecule has 1 aliphatic rings. The van der Waals surface area contributed by atoms with Gasteiger partial charge in [0.25, 0.3) is 5.56 Å². The first kappa shape index (κ1) is 16.0. The number of allylic oxidation sites excluding steroid dienone is 1. The molecule has 2 rings (SSSR count). The first-order valence-electron chi connectivity index (χ1n) is 7.44. The molecule has 0 spiro atoms. The Morgan fingerprint density at radius 1 is 1.27 bits per heavy atom. The molecule has 1 heterocycles. The van der Waals surface area contributed by atoms with Gasteiger partial charge < -0.3 is 15.0 Å². The molecule has 0 fully saturated rings. The van der Waals surface area contributed by atoms with Crippen LogP contribution in [-0.2, 0) is 11.3 Å². The van der Waals surface area contributed by atoms with E-state index in [0.29, 0.717) is 6.54 Å². The quantitative estimate of drug-likeness (QED) is 0.781. The molecule has 0 aromatic carbocycles. The minimum absolute atomic E-state index is 0.0141. The molecule has 22 heavy (non-hydrogen) atoms. The first-order chi connectivity index (χ1) is 10.6. The summed E-state index contributed by atoms with van der Waals surface area (Å²) in [5.41, 5.74) is 0.964. The van der Waals surface area contributed by atoms with Crippen molar-refractivity contribution in [2.24, 2.45) is 0 Å². The molecule has 0 saturated heterocycles. The number of amides is 1. The highest BCUT2D eigenvalue weighted by Crippen LogP contribution is 2.19. The van der Waals surface area contributed by atoms with Crippen molar-refractivity contribution < 1.29 is 14.7 Å². The molecule has 0 bridgehead atoms. The third-order valence-electron chi connectivity index (χ3n) is 3.70. The number of carbonyl (C=O) groups is 2. The number of hydrogen-bond acceptors (Lipinski definition) is 3. The fraction of sp³-hybridized carbons (Fsp3) is 0.438. The summed E-state index contributed by atoms with van der Waals surface area (Å²) < 4.78 is 1.11. The van der Waals surface area contributed by atoms with Crippen LogP contribution < -0.4 is 10.9 Å². The molecule has 0 radical (unpaired) electrons. The zero-order valence-electron chi connectivity index (χ0n) is 12.4. The lowest BCUT2D eigenvalue weighted by atomic mass is 9.97. The van der Waals surface area contributed by atoms with Crippen molar-refractivity contribution in [1.29, 1.82) is 0 Å². The Bertz CT molecular complexity index is 646. The number of nitrogens with zero attached hydrogens (tertiary/aromatic N) is 1. The van der Waals surface area contributed by atoms with Crippen LogP contribution in [0.4, 0.5) is 0 Å². The van der Waals surface area contributed by atoms with E-state index < -0.39 is 11.5 Å². The average Bonchev–Trinajstić information content (AvgIpc) is 2.50. The minimum atomic E-state index is -1.13.